The van der Waals surface area contributed by atoms with Gasteiger partial charge < -0.3 is 10.3 Å². The molecule has 0 bridgehead atoms. The summed E-state index contributed by atoms with van der Waals surface area (Å²) in [6.45, 7) is 4.86. The van der Waals surface area contributed by atoms with Crippen LogP contribution in [0.15, 0.2) is 12.5 Å². The maximum absolute atomic E-state index is 5.52. The van der Waals surface area contributed by atoms with Gasteiger partial charge in [0, 0.05) is 11.1 Å². The molecule has 0 atom stereocenters. The van der Waals surface area contributed by atoms with Gasteiger partial charge in [-0.25, -0.2) is 9.97 Å². The topological polar surface area (TPSA) is 56.7 Å². The molecule has 0 aliphatic rings. The summed E-state index contributed by atoms with van der Waals surface area (Å²) < 4.78 is 1.94. The third-order valence-corrected chi connectivity index (χ3v) is 3.10. The predicted molar refractivity (Wildman–Crippen MR) is 57.3 cm³/mol. The van der Waals surface area contributed by atoms with E-state index in [0.29, 0.717) is 5.82 Å². The number of nitrogen functional groups attached to an aromatic ring is 1. The second-order valence-electron chi connectivity index (χ2n) is 3.22. The number of nitrogens with two attached hydrogens (primary N) is 1. The van der Waals surface area contributed by atoms with Crippen LogP contribution in [0.25, 0.3) is 0 Å². The smallest absolute Gasteiger partial charge is 0.141 e. The lowest BCUT2D eigenvalue weighted by molar-refractivity contribution is 0.788. The molecule has 0 aliphatic carbocycles. The molecule has 2 rings (SSSR count). The van der Waals surface area contributed by atoms with E-state index in [4.69, 9.17) is 5.73 Å². The lowest BCUT2D eigenvalue weighted by atomic mass is 10.4. The molecule has 0 saturated carbocycles. The summed E-state index contributed by atoms with van der Waals surface area (Å²) >= 11 is 1.72. The van der Waals surface area contributed by atoms with Crippen molar-refractivity contribution >= 4 is 17.2 Å². The maximum Gasteiger partial charge on any atom is 0.141 e. The van der Waals surface area contributed by atoms with Crippen molar-refractivity contribution in [1.29, 1.82) is 0 Å². The number of aryl methyl sites for hydroxylation is 2. The summed E-state index contributed by atoms with van der Waals surface area (Å²) in [5.41, 5.74) is 6.63. The Labute approximate surface area is 86.4 Å². The molecule has 2 N–H and O–H groups in total. The van der Waals surface area contributed by atoms with Crippen molar-refractivity contribution in [2.45, 2.75) is 20.4 Å². The first-order valence-electron chi connectivity index (χ1n) is 4.35. The lowest BCUT2D eigenvalue weighted by Gasteiger charge is -1.95. The molecule has 14 heavy (non-hydrogen) atoms. The van der Waals surface area contributed by atoms with Crippen molar-refractivity contribution in [3.63, 3.8) is 0 Å². The summed E-state index contributed by atoms with van der Waals surface area (Å²) in [6, 6.07) is 0. The minimum Gasteiger partial charge on any atom is -0.382 e. The van der Waals surface area contributed by atoms with Gasteiger partial charge in [-0.3, -0.25) is 0 Å². The Morgan fingerprint density at radius 2 is 2.29 bits per heavy atom. The fourth-order valence-electron chi connectivity index (χ4n) is 1.23. The highest BCUT2D eigenvalue weighted by molar-refractivity contribution is 7.11. The normalized spacial score (nSPS) is 10.7. The number of hydrogen-bond donors (Lipinski definition) is 1. The highest BCUT2D eigenvalue weighted by atomic mass is 32.1. The number of nitrogens with zero attached hydrogens (tertiary/aromatic N) is 3. The van der Waals surface area contributed by atoms with Crippen LogP contribution in [0.2, 0.25) is 0 Å². The van der Waals surface area contributed by atoms with Gasteiger partial charge >= 0.3 is 0 Å². The molecule has 0 spiro atoms. The molecule has 0 radical (unpaired) electrons. The molecule has 0 unspecified atom stereocenters. The Morgan fingerprint density at radius 3 is 2.79 bits per heavy atom. The van der Waals surface area contributed by atoms with Crippen molar-refractivity contribution in [2.75, 3.05) is 5.73 Å². The number of thiazole rings is 1. The zero-order chi connectivity index (χ0) is 10.1. The Bertz CT molecular complexity index is 424. The van der Waals surface area contributed by atoms with E-state index in [-0.39, 0.29) is 0 Å². The summed E-state index contributed by atoms with van der Waals surface area (Å²) in [5, 5.41) is 1.09. The molecule has 2 aromatic heterocycles. The molecule has 0 amide bonds. The second kappa shape index (κ2) is 3.42. The van der Waals surface area contributed by atoms with Crippen molar-refractivity contribution in [1.82, 2.24) is 14.5 Å². The van der Waals surface area contributed by atoms with E-state index < -0.39 is 0 Å². The highest BCUT2D eigenvalue weighted by Gasteiger charge is 2.04. The average molecular weight is 208 g/mol. The fourth-order valence-corrected chi connectivity index (χ4v) is 2.17. The van der Waals surface area contributed by atoms with E-state index in [1.165, 1.54) is 4.88 Å². The van der Waals surface area contributed by atoms with Crippen LogP contribution in [-0.2, 0) is 6.54 Å². The molecule has 4 nitrogen and oxygen atoms in total. The molecular weight excluding hydrogens is 196 g/mol. The Hall–Kier alpha value is -1.36. The largest absolute Gasteiger partial charge is 0.382 e. The van der Waals surface area contributed by atoms with Gasteiger partial charge in [0.05, 0.1) is 18.6 Å². The van der Waals surface area contributed by atoms with Crippen LogP contribution in [0.1, 0.15) is 15.6 Å². The van der Waals surface area contributed by atoms with Gasteiger partial charge in [0.2, 0.25) is 0 Å². The van der Waals surface area contributed by atoms with E-state index >= 15 is 0 Å². The van der Waals surface area contributed by atoms with Crippen LogP contribution in [-0.4, -0.2) is 14.5 Å². The Balaban J connectivity index is 2.18. The zero-order valence-corrected chi connectivity index (χ0v) is 9.01. The van der Waals surface area contributed by atoms with E-state index in [2.05, 4.69) is 16.9 Å². The second-order valence-corrected chi connectivity index (χ2v) is 4.51. The predicted octanol–water partition coefficient (Wildman–Crippen LogP) is 1.59. The Kier molecular flexibility index (Phi) is 2.25. The van der Waals surface area contributed by atoms with Gasteiger partial charge in [0.25, 0.3) is 0 Å². The lowest BCUT2D eigenvalue weighted by Crippen LogP contribution is -1.95. The van der Waals surface area contributed by atoms with Crippen LogP contribution in [0.5, 0.6) is 0 Å². The monoisotopic (exact) mass is 208 g/mol. The first-order chi connectivity index (χ1) is 6.65. The number of rotatable bonds is 2. The molecule has 0 aliphatic heterocycles. The van der Waals surface area contributed by atoms with Gasteiger partial charge in [0.15, 0.2) is 0 Å². The van der Waals surface area contributed by atoms with Crippen LogP contribution in [0.4, 0.5) is 5.82 Å². The first kappa shape index (κ1) is 9.21. The van der Waals surface area contributed by atoms with Crippen molar-refractivity contribution in [3.05, 3.63) is 28.1 Å². The van der Waals surface area contributed by atoms with Crippen molar-refractivity contribution < 1.29 is 0 Å². The number of aromatic nitrogens is 3. The third-order valence-electron chi connectivity index (χ3n) is 2.04. The SMILES string of the molecule is Cc1nc(Cn2cnc(N)c2)sc1C. The number of hydrogen-bond acceptors (Lipinski definition) is 4. The minimum atomic E-state index is 0.551. The van der Waals surface area contributed by atoms with Crippen LogP contribution < -0.4 is 5.73 Å². The minimum absolute atomic E-state index is 0.551. The number of imidazole rings is 1. The van der Waals surface area contributed by atoms with Gasteiger partial charge in [-0.15, -0.1) is 11.3 Å². The molecule has 0 fully saturated rings. The molecule has 2 heterocycles. The van der Waals surface area contributed by atoms with Crippen LogP contribution >= 0.6 is 11.3 Å². The van der Waals surface area contributed by atoms with Crippen molar-refractivity contribution in [2.24, 2.45) is 0 Å². The standard InChI is InChI=1S/C9H12N4S/c1-6-7(2)14-9(12-6)4-13-3-8(10)11-5-13/h3,5H,4,10H2,1-2H3. The molecule has 74 valence electrons. The van der Waals surface area contributed by atoms with E-state index in [1.54, 1.807) is 17.7 Å². The summed E-state index contributed by atoms with van der Waals surface area (Å²) in [5.74, 6) is 0.551. The average Bonchev–Trinajstić information content (AvgIpc) is 2.62. The quantitative estimate of drug-likeness (QED) is 0.815. The number of anilines is 1. The Morgan fingerprint density at radius 1 is 1.50 bits per heavy atom. The first-order valence-corrected chi connectivity index (χ1v) is 5.17. The molecule has 0 saturated heterocycles. The molecule has 2 aromatic rings. The van der Waals surface area contributed by atoms with Crippen molar-refractivity contribution in [3.8, 4) is 0 Å². The van der Waals surface area contributed by atoms with Gasteiger partial charge in [-0.1, -0.05) is 0 Å². The molecule has 5 heteroatoms. The third kappa shape index (κ3) is 1.77. The molecular formula is C9H12N4S. The summed E-state index contributed by atoms with van der Waals surface area (Å²) in [6.07, 6.45) is 3.54. The van der Waals surface area contributed by atoms with E-state index in [1.807, 2.05) is 17.7 Å². The van der Waals surface area contributed by atoms with Gasteiger partial charge in [-0.2, -0.15) is 0 Å². The highest BCUT2D eigenvalue weighted by Crippen LogP contribution is 2.17. The zero-order valence-electron chi connectivity index (χ0n) is 8.19. The summed E-state index contributed by atoms with van der Waals surface area (Å²) in [7, 11) is 0. The maximum atomic E-state index is 5.52. The summed E-state index contributed by atoms with van der Waals surface area (Å²) in [4.78, 5) is 9.67. The van der Waals surface area contributed by atoms with Gasteiger partial charge in [0.1, 0.15) is 10.8 Å². The fraction of sp³-hybridized carbons (Fsp3) is 0.333. The van der Waals surface area contributed by atoms with Crippen LogP contribution in [0.3, 0.4) is 0 Å². The van der Waals surface area contributed by atoms with E-state index in [9.17, 15) is 0 Å². The van der Waals surface area contributed by atoms with Crippen LogP contribution in [0, 0.1) is 13.8 Å². The van der Waals surface area contributed by atoms with Gasteiger partial charge in [-0.05, 0) is 13.8 Å². The van der Waals surface area contributed by atoms with E-state index in [0.717, 1.165) is 17.2 Å². The molecule has 0 aromatic carbocycles.